The smallest absolute Gasteiger partial charge is 0.245 e. The minimum absolute atomic E-state index is 0.122. The Labute approximate surface area is 141 Å². The van der Waals surface area contributed by atoms with Gasteiger partial charge in [0.25, 0.3) is 0 Å². The highest BCUT2D eigenvalue weighted by Gasteiger charge is 2.34. The van der Waals surface area contributed by atoms with Crippen LogP contribution in [0.2, 0.25) is 0 Å². The summed E-state index contributed by atoms with van der Waals surface area (Å²) in [7, 11) is 0. The van der Waals surface area contributed by atoms with E-state index >= 15 is 0 Å². The summed E-state index contributed by atoms with van der Waals surface area (Å²) in [5.41, 5.74) is 1.38. The van der Waals surface area contributed by atoms with Gasteiger partial charge < -0.3 is 4.90 Å². The quantitative estimate of drug-likeness (QED) is 0.870. The number of amides is 1. The monoisotopic (exact) mass is 323 g/mol. The van der Waals surface area contributed by atoms with E-state index in [2.05, 4.69) is 16.3 Å². The van der Waals surface area contributed by atoms with Crippen molar-refractivity contribution in [1.29, 1.82) is 5.26 Å². The van der Waals surface area contributed by atoms with Crippen LogP contribution in [0.25, 0.3) is 11.4 Å². The van der Waals surface area contributed by atoms with Gasteiger partial charge in [0, 0.05) is 18.2 Å². The number of carbonyl (C=O) groups excluding carboxylic acids is 1. The molecule has 0 radical (unpaired) electrons. The Morgan fingerprint density at radius 3 is 2.83 bits per heavy atom. The molecule has 0 unspecified atom stereocenters. The Bertz CT molecular complexity index is 802. The first-order valence-corrected chi connectivity index (χ1v) is 8.25. The van der Waals surface area contributed by atoms with Gasteiger partial charge in [-0.2, -0.15) is 5.26 Å². The Morgan fingerprint density at radius 1 is 1.33 bits per heavy atom. The van der Waals surface area contributed by atoms with Crippen molar-refractivity contribution in [2.75, 3.05) is 6.54 Å². The molecule has 0 spiro atoms. The Morgan fingerprint density at radius 2 is 2.12 bits per heavy atom. The molecule has 0 aliphatic carbocycles. The predicted molar refractivity (Wildman–Crippen MR) is 90.0 cm³/mol. The van der Waals surface area contributed by atoms with Crippen LogP contribution in [-0.4, -0.2) is 38.2 Å². The number of nitrogens with zero attached hydrogens (tertiary/aromatic N) is 5. The third kappa shape index (κ3) is 2.78. The van der Waals surface area contributed by atoms with Gasteiger partial charge in [-0.05, 0) is 45.7 Å². The molecule has 24 heavy (non-hydrogen) atoms. The van der Waals surface area contributed by atoms with Crippen LogP contribution in [0, 0.1) is 18.3 Å². The number of benzene rings is 1. The van der Waals surface area contributed by atoms with Crippen LogP contribution in [0.3, 0.4) is 0 Å². The molecule has 2 heterocycles. The van der Waals surface area contributed by atoms with Crippen molar-refractivity contribution in [2.45, 2.75) is 45.7 Å². The molecule has 3 rings (SSSR count). The second kappa shape index (κ2) is 6.44. The van der Waals surface area contributed by atoms with Crippen molar-refractivity contribution < 1.29 is 4.79 Å². The molecule has 0 N–H and O–H groups in total. The lowest BCUT2D eigenvalue weighted by Gasteiger charge is -2.36. The molecule has 1 aliphatic heterocycles. The normalized spacial score (nSPS) is 18.0. The standard InChI is InChI=1S/C18H21N5O/c1-12(2)22-9-5-8-16(18(22)24)23-13(3)20-21-17(23)15-7-4-6-14(10-15)11-19/h4,6-7,10,12,16H,5,8-9H2,1-3H3/t16-/m1/s1. The van der Waals surface area contributed by atoms with E-state index in [4.69, 9.17) is 5.26 Å². The van der Waals surface area contributed by atoms with Crippen molar-refractivity contribution in [1.82, 2.24) is 19.7 Å². The van der Waals surface area contributed by atoms with Gasteiger partial charge in [-0.25, -0.2) is 0 Å². The van der Waals surface area contributed by atoms with Crippen LogP contribution in [0.4, 0.5) is 0 Å². The fourth-order valence-electron chi connectivity index (χ4n) is 3.30. The fourth-order valence-corrected chi connectivity index (χ4v) is 3.30. The summed E-state index contributed by atoms with van der Waals surface area (Å²) in [6.07, 6.45) is 1.75. The van der Waals surface area contributed by atoms with E-state index < -0.39 is 0 Å². The lowest BCUT2D eigenvalue weighted by molar-refractivity contribution is -0.139. The lowest BCUT2D eigenvalue weighted by Crippen LogP contribution is -2.46. The zero-order chi connectivity index (χ0) is 17.3. The summed E-state index contributed by atoms with van der Waals surface area (Å²) in [6.45, 7) is 6.74. The largest absolute Gasteiger partial charge is 0.338 e. The molecule has 6 heteroatoms. The van der Waals surface area contributed by atoms with Gasteiger partial charge in [-0.1, -0.05) is 12.1 Å². The van der Waals surface area contributed by atoms with Crippen LogP contribution in [-0.2, 0) is 4.79 Å². The molecule has 0 bridgehead atoms. The number of carbonyl (C=O) groups is 1. The summed E-state index contributed by atoms with van der Waals surface area (Å²) in [5, 5.41) is 17.6. The number of rotatable bonds is 3. The molecule has 1 saturated heterocycles. The third-order valence-electron chi connectivity index (χ3n) is 4.50. The van der Waals surface area contributed by atoms with Gasteiger partial charge in [0.2, 0.25) is 5.91 Å². The Hall–Kier alpha value is -2.68. The summed E-state index contributed by atoms with van der Waals surface area (Å²) >= 11 is 0. The minimum atomic E-state index is -0.281. The molecule has 1 fully saturated rings. The van der Waals surface area contributed by atoms with E-state index in [1.54, 1.807) is 12.1 Å². The van der Waals surface area contributed by atoms with E-state index in [0.29, 0.717) is 11.4 Å². The number of nitriles is 1. The fraction of sp³-hybridized carbons (Fsp3) is 0.444. The highest BCUT2D eigenvalue weighted by molar-refractivity contribution is 5.82. The zero-order valence-electron chi connectivity index (χ0n) is 14.2. The number of aromatic nitrogens is 3. The molecule has 1 amide bonds. The topological polar surface area (TPSA) is 74.8 Å². The second-order valence-corrected chi connectivity index (χ2v) is 6.42. The zero-order valence-corrected chi connectivity index (χ0v) is 14.2. The van der Waals surface area contributed by atoms with Gasteiger partial charge >= 0.3 is 0 Å². The molecule has 6 nitrogen and oxygen atoms in total. The van der Waals surface area contributed by atoms with Gasteiger partial charge in [-0.3, -0.25) is 9.36 Å². The average molecular weight is 323 g/mol. The van der Waals surface area contributed by atoms with E-state index in [1.165, 1.54) is 0 Å². The van der Waals surface area contributed by atoms with Crippen LogP contribution in [0.15, 0.2) is 24.3 Å². The molecular formula is C18H21N5O. The van der Waals surface area contributed by atoms with Crippen molar-refractivity contribution in [3.05, 3.63) is 35.7 Å². The highest BCUT2D eigenvalue weighted by Crippen LogP contribution is 2.30. The van der Waals surface area contributed by atoms with E-state index in [-0.39, 0.29) is 18.0 Å². The molecule has 1 atom stereocenters. The van der Waals surface area contributed by atoms with Crippen molar-refractivity contribution >= 4 is 5.91 Å². The van der Waals surface area contributed by atoms with Crippen molar-refractivity contribution in [2.24, 2.45) is 0 Å². The van der Waals surface area contributed by atoms with Gasteiger partial charge in [-0.15, -0.1) is 10.2 Å². The Kier molecular flexibility index (Phi) is 4.34. The first-order chi connectivity index (χ1) is 11.5. The Balaban J connectivity index is 2.04. The molecule has 1 aromatic heterocycles. The SMILES string of the molecule is Cc1nnc(-c2cccc(C#N)c2)n1[C@@H]1CCCN(C(C)C)C1=O. The van der Waals surface area contributed by atoms with Gasteiger partial charge in [0.1, 0.15) is 11.9 Å². The minimum Gasteiger partial charge on any atom is -0.338 e. The second-order valence-electron chi connectivity index (χ2n) is 6.42. The molecule has 124 valence electrons. The van der Waals surface area contributed by atoms with E-state index in [0.717, 1.165) is 30.8 Å². The molecular weight excluding hydrogens is 302 g/mol. The highest BCUT2D eigenvalue weighted by atomic mass is 16.2. The van der Waals surface area contributed by atoms with Crippen LogP contribution < -0.4 is 0 Å². The summed E-state index contributed by atoms with van der Waals surface area (Å²) in [6, 6.07) is 9.30. The van der Waals surface area contributed by atoms with Gasteiger partial charge in [0.15, 0.2) is 5.82 Å². The maximum atomic E-state index is 12.9. The summed E-state index contributed by atoms with van der Waals surface area (Å²) in [4.78, 5) is 14.8. The molecule has 0 saturated carbocycles. The number of likely N-dealkylation sites (tertiary alicyclic amines) is 1. The predicted octanol–water partition coefficient (Wildman–Crippen LogP) is 2.70. The maximum absolute atomic E-state index is 12.9. The first-order valence-electron chi connectivity index (χ1n) is 8.25. The van der Waals surface area contributed by atoms with E-state index in [9.17, 15) is 4.79 Å². The molecule has 1 aliphatic rings. The lowest BCUT2D eigenvalue weighted by atomic mass is 10.0. The van der Waals surface area contributed by atoms with Crippen molar-refractivity contribution in [3.63, 3.8) is 0 Å². The third-order valence-corrected chi connectivity index (χ3v) is 4.50. The molecule has 2 aromatic rings. The number of hydrogen-bond donors (Lipinski definition) is 0. The number of aryl methyl sites for hydroxylation is 1. The van der Waals surface area contributed by atoms with Gasteiger partial charge in [0.05, 0.1) is 11.6 Å². The number of hydrogen-bond acceptors (Lipinski definition) is 4. The maximum Gasteiger partial charge on any atom is 0.245 e. The van der Waals surface area contributed by atoms with Crippen molar-refractivity contribution in [3.8, 4) is 17.5 Å². The van der Waals surface area contributed by atoms with Crippen LogP contribution in [0.5, 0.6) is 0 Å². The summed E-state index contributed by atoms with van der Waals surface area (Å²) in [5.74, 6) is 1.49. The first kappa shape index (κ1) is 16.2. The number of piperidine rings is 1. The van der Waals surface area contributed by atoms with Crippen LogP contribution >= 0.6 is 0 Å². The summed E-state index contributed by atoms with van der Waals surface area (Å²) < 4.78 is 1.92. The van der Waals surface area contributed by atoms with E-state index in [1.807, 2.05) is 42.4 Å². The molecule has 1 aromatic carbocycles. The van der Waals surface area contributed by atoms with Crippen LogP contribution in [0.1, 0.15) is 44.1 Å². The average Bonchev–Trinajstić information content (AvgIpc) is 2.96.